The van der Waals surface area contributed by atoms with E-state index in [2.05, 4.69) is 17.3 Å². The summed E-state index contributed by atoms with van der Waals surface area (Å²) >= 11 is 0. The quantitative estimate of drug-likeness (QED) is 0.845. The highest BCUT2D eigenvalue weighted by Crippen LogP contribution is 2.18. The van der Waals surface area contributed by atoms with Crippen molar-refractivity contribution in [3.8, 4) is 0 Å². The van der Waals surface area contributed by atoms with E-state index in [0.29, 0.717) is 0 Å². The molecule has 0 bridgehead atoms. The van der Waals surface area contributed by atoms with E-state index < -0.39 is 0 Å². The van der Waals surface area contributed by atoms with Gasteiger partial charge in [0.15, 0.2) is 5.82 Å². The first kappa shape index (κ1) is 12.1. The summed E-state index contributed by atoms with van der Waals surface area (Å²) < 4.78 is 1.73. The molecule has 1 amide bonds. The maximum absolute atomic E-state index is 12.3. The molecule has 94 valence electrons. The molecule has 1 atom stereocenters. The van der Waals surface area contributed by atoms with Crippen LogP contribution < -0.4 is 10.2 Å². The second-order valence-corrected chi connectivity index (χ2v) is 4.49. The van der Waals surface area contributed by atoms with Gasteiger partial charge >= 0.3 is 0 Å². The molecular formula is C12H20N4O. The van der Waals surface area contributed by atoms with E-state index in [1.807, 2.05) is 19.3 Å². The molecule has 1 aliphatic rings. The Labute approximate surface area is 102 Å². The van der Waals surface area contributed by atoms with Crippen molar-refractivity contribution < 1.29 is 4.79 Å². The Hall–Kier alpha value is -1.36. The van der Waals surface area contributed by atoms with Crippen LogP contribution in [0.4, 0.5) is 5.82 Å². The van der Waals surface area contributed by atoms with E-state index >= 15 is 0 Å². The molecule has 2 heterocycles. The zero-order valence-corrected chi connectivity index (χ0v) is 10.5. The lowest BCUT2D eigenvalue weighted by atomic mass is 10.0. The summed E-state index contributed by atoms with van der Waals surface area (Å²) in [5.41, 5.74) is 0. The number of nitrogens with one attached hydrogen (secondary N) is 1. The maximum Gasteiger partial charge on any atom is 0.245 e. The average Bonchev–Trinajstić information content (AvgIpc) is 2.74. The summed E-state index contributed by atoms with van der Waals surface area (Å²) in [6.07, 6.45) is 4.88. The van der Waals surface area contributed by atoms with E-state index in [0.717, 1.165) is 38.2 Å². The van der Waals surface area contributed by atoms with Crippen LogP contribution in [0.2, 0.25) is 0 Å². The predicted octanol–water partition coefficient (Wildman–Crippen LogP) is 0.915. The number of hydrogen-bond donors (Lipinski definition) is 1. The summed E-state index contributed by atoms with van der Waals surface area (Å²) in [5, 5.41) is 7.60. The van der Waals surface area contributed by atoms with E-state index in [1.165, 1.54) is 0 Å². The van der Waals surface area contributed by atoms with Crippen molar-refractivity contribution in [2.24, 2.45) is 7.05 Å². The molecule has 0 spiro atoms. The molecular weight excluding hydrogens is 216 g/mol. The van der Waals surface area contributed by atoms with Gasteiger partial charge in [0, 0.05) is 25.9 Å². The van der Waals surface area contributed by atoms with Gasteiger partial charge in [-0.3, -0.25) is 14.4 Å². The van der Waals surface area contributed by atoms with Crippen molar-refractivity contribution in [1.29, 1.82) is 0 Å². The lowest BCUT2D eigenvalue weighted by Crippen LogP contribution is -2.51. The molecule has 1 saturated heterocycles. The summed E-state index contributed by atoms with van der Waals surface area (Å²) in [6, 6.07) is 1.85. The standard InChI is InChI=1S/C12H20N4O/c1-3-7-13-10-5-4-8-16(12(10)17)11-6-9-15(2)14-11/h6,9-10,13H,3-5,7-8H2,1-2H3. The van der Waals surface area contributed by atoms with Crippen LogP contribution in [0.3, 0.4) is 0 Å². The van der Waals surface area contributed by atoms with Gasteiger partial charge in [0.1, 0.15) is 0 Å². The smallest absolute Gasteiger partial charge is 0.245 e. The molecule has 1 aromatic rings. The van der Waals surface area contributed by atoms with Gasteiger partial charge in [0.25, 0.3) is 0 Å². The lowest BCUT2D eigenvalue weighted by Gasteiger charge is -2.31. The fourth-order valence-electron chi connectivity index (χ4n) is 2.16. The lowest BCUT2D eigenvalue weighted by molar-refractivity contribution is -0.121. The monoisotopic (exact) mass is 236 g/mol. The Bertz CT molecular complexity index is 388. The van der Waals surface area contributed by atoms with Gasteiger partial charge in [0.05, 0.1) is 6.04 Å². The molecule has 5 heteroatoms. The molecule has 0 aliphatic carbocycles. The first-order valence-corrected chi connectivity index (χ1v) is 6.26. The van der Waals surface area contributed by atoms with Gasteiger partial charge in [0.2, 0.25) is 5.91 Å². The summed E-state index contributed by atoms with van der Waals surface area (Å²) in [4.78, 5) is 14.0. The summed E-state index contributed by atoms with van der Waals surface area (Å²) in [7, 11) is 1.87. The number of amides is 1. The number of aromatic nitrogens is 2. The number of rotatable bonds is 4. The number of anilines is 1. The van der Waals surface area contributed by atoms with E-state index in [4.69, 9.17) is 0 Å². The third-order valence-corrected chi connectivity index (χ3v) is 3.06. The molecule has 1 fully saturated rings. The number of carbonyl (C=O) groups is 1. The Morgan fingerprint density at radius 3 is 3.06 bits per heavy atom. The Balaban J connectivity index is 2.05. The first-order valence-electron chi connectivity index (χ1n) is 6.26. The fourth-order valence-corrected chi connectivity index (χ4v) is 2.16. The van der Waals surface area contributed by atoms with Crippen molar-refractivity contribution in [2.75, 3.05) is 18.0 Å². The SMILES string of the molecule is CCCNC1CCCN(c2ccn(C)n2)C1=O. The Kier molecular flexibility index (Phi) is 3.78. The Morgan fingerprint density at radius 1 is 1.59 bits per heavy atom. The molecule has 0 aromatic carbocycles. The molecule has 1 aliphatic heterocycles. The van der Waals surface area contributed by atoms with Crippen molar-refractivity contribution in [3.63, 3.8) is 0 Å². The molecule has 0 saturated carbocycles. The molecule has 0 radical (unpaired) electrons. The number of carbonyl (C=O) groups excluding carboxylic acids is 1. The highest BCUT2D eigenvalue weighted by atomic mass is 16.2. The van der Waals surface area contributed by atoms with Crippen molar-refractivity contribution in [2.45, 2.75) is 32.2 Å². The normalized spacial score (nSPS) is 20.9. The van der Waals surface area contributed by atoms with E-state index in [1.54, 1.807) is 9.58 Å². The zero-order valence-electron chi connectivity index (χ0n) is 10.5. The number of piperidine rings is 1. The Morgan fingerprint density at radius 2 is 2.41 bits per heavy atom. The van der Waals surface area contributed by atoms with Gasteiger partial charge in [-0.1, -0.05) is 6.92 Å². The molecule has 1 unspecified atom stereocenters. The summed E-state index contributed by atoms with van der Waals surface area (Å²) in [5.74, 6) is 0.920. The minimum atomic E-state index is -0.0364. The zero-order chi connectivity index (χ0) is 12.3. The molecule has 5 nitrogen and oxygen atoms in total. The van der Waals surface area contributed by atoms with Crippen LogP contribution in [0.5, 0.6) is 0 Å². The van der Waals surface area contributed by atoms with Gasteiger partial charge in [-0.15, -0.1) is 0 Å². The highest BCUT2D eigenvalue weighted by Gasteiger charge is 2.29. The van der Waals surface area contributed by atoms with Gasteiger partial charge in [-0.2, -0.15) is 5.10 Å². The number of hydrogen-bond acceptors (Lipinski definition) is 3. The van der Waals surface area contributed by atoms with Crippen molar-refractivity contribution >= 4 is 11.7 Å². The topological polar surface area (TPSA) is 50.2 Å². The minimum Gasteiger partial charge on any atom is -0.306 e. The molecule has 1 N–H and O–H groups in total. The largest absolute Gasteiger partial charge is 0.306 e. The predicted molar refractivity (Wildman–Crippen MR) is 66.9 cm³/mol. The highest BCUT2D eigenvalue weighted by molar-refractivity contribution is 5.97. The number of nitrogens with zero attached hydrogens (tertiary/aromatic N) is 3. The van der Waals surface area contributed by atoms with Gasteiger partial charge in [-0.25, -0.2) is 0 Å². The van der Waals surface area contributed by atoms with Crippen molar-refractivity contribution in [1.82, 2.24) is 15.1 Å². The van der Waals surface area contributed by atoms with Crippen LogP contribution >= 0.6 is 0 Å². The van der Waals surface area contributed by atoms with Crippen LogP contribution in [0, 0.1) is 0 Å². The molecule has 2 rings (SSSR count). The second-order valence-electron chi connectivity index (χ2n) is 4.49. The fraction of sp³-hybridized carbons (Fsp3) is 0.667. The van der Waals surface area contributed by atoms with Crippen LogP contribution in [-0.2, 0) is 11.8 Å². The summed E-state index contributed by atoms with van der Waals surface area (Å²) in [6.45, 7) is 3.78. The van der Waals surface area contributed by atoms with Crippen LogP contribution in [0.1, 0.15) is 26.2 Å². The molecule has 17 heavy (non-hydrogen) atoms. The first-order chi connectivity index (χ1) is 8.22. The number of aryl methyl sites for hydroxylation is 1. The van der Waals surface area contributed by atoms with Crippen LogP contribution in [0.25, 0.3) is 0 Å². The van der Waals surface area contributed by atoms with E-state index in [-0.39, 0.29) is 11.9 Å². The van der Waals surface area contributed by atoms with Crippen LogP contribution in [0.15, 0.2) is 12.3 Å². The van der Waals surface area contributed by atoms with E-state index in [9.17, 15) is 4.79 Å². The minimum absolute atomic E-state index is 0.0364. The third kappa shape index (κ3) is 2.66. The maximum atomic E-state index is 12.3. The third-order valence-electron chi connectivity index (χ3n) is 3.06. The molecule has 1 aromatic heterocycles. The second kappa shape index (κ2) is 5.31. The van der Waals surface area contributed by atoms with Crippen LogP contribution in [-0.4, -0.2) is 34.8 Å². The van der Waals surface area contributed by atoms with Gasteiger partial charge < -0.3 is 5.32 Å². The van der Waals surface area contributed by atoms with Crippen molar-refractivity contribution in [3.05, 3.63) is 12.3 Å². The average molecular weight is 236 g/mol. The van der Waals surface area contributed by atoms with Gasteiger partial charge in [-0.05, 0) is 25.8 Å².